The summed E-state index contributed by atoms with van der Waals surface area (Å²) in [6, 6.07) is 11.4. The fourth-order valence-corrected chi connectivity index (χ4v) is 3.20. The molecule has 1 aliphatic heterocycles. The molecule has 3 rings (SSSR count). The lowest BCUT2D eigenvalue weighted by atomic mass is 10.0. The number of fused-ring (bicyclic) bond motifs is 1. The van der Waals surface area contributed by atoms with Gasteiger partial charge in [0.05, 0.1) is 5.52 Å². The molecule has 1 atom stereocenters. The topological polar surface area (TPSA) is 74.3 Å². The number of hydrazine groups is 1. The lowest BCUT2D eigenvalue weighted by Gasteiger charge is -2.21. The van der Waals surface area contributed by atoms with Crippen LogP contribution in [0, 0.1) is 5.92 Å². The van der Waals surface area contributed by atoms with Gasteiger partial charge in [0.15, 0.2) is 0 Å². The number of aromatic nitrogens is 1. The molecule has 0 radical (unpaired) electrons. The van der Waals surface area contributed by atoms with Crippen LogP contribution in [-0.2, 0) is 9.59 Å². The Bertz CT molecular complexity index is 771. The third kappa shape index (κ3) is 4.58. The van der Waals surface area contributed by atoms with E-state index >= 15 is 0 Å². The normalized spacial score (nSPS) is 15.7. The molecule has 1 aromatic heterocycles. The third-order valence-corrected chi connectivity index (χ3v) is 4.70. The fourth-order valence-electron chi connectivity index (χ4n) is 3.20. The molecular formula is C20H26N4O2. The molecule has 1 aliphatic rings. The van der Waals surface area contributed by atoms with Gasteiger partial charge in [-0.25, -0.2) is 9.99 Å². The summed E-state index contributed by atoms with van der Waals surface area (Å²) >= 11 is 0. The van der Waals surface area contributed by atoms with Gasteiger partial charge in [0.1, 0.15) is 11.7 Å². The van der Waals surface area contributed by atoms with Crippen molar-refractivity contribution in [1.82, 2.24) is 15.4 Å². The van der Waals surface area contributed by atoms with Gasteiger partial charge in [-0.1, -0.05) is 38.0 Å². The lowest BCUT2D eigenvalue weighted by Crippen LogP contribution is -2.46. The molecule has 1 aromatic carbocycles. The van der Waals surface area contributed by atoms with Crippen LogP contribution in [0.1, 0.15) is 39.0 Å². The van der Waals surface area contributed by atoms with Crippen LogP contribution in [0.3, 0.4) is 0 Å². The SMILES string of the molecule is CCCCC(C(=O)Nc1ccc2ccccc2n1)C(=O)NN1CCCC1. The maximum absolute atomic E-state index is 12.7. The number of nitrogens with zero attached hydrogens (tertiary/aromatic N) is 2. The first kappa shape index (κ1) is 18.3. The van der Waals surface area contributed by atoms with E-state index in [1.54, 1.807) is 6.07 Å². The summed E-state index contributed by atoms with van der Waals surface area (Å²) in [7, 11) is 0. The Morgan fingerprint density at radius 3 is 2.65 bits per heavy atom. The summed E-state index contributed by atoms with van der Waals surface area (Å²) in [5, 5.41) is 5.74. The van der Waals surface area contributed by atoms with Gasteiger partial charge in [-0.3, -0.25) is 15.0 Å². The number of carbonyl (C=O) groups excluding carboxylic acids is 2. The highest BCUT2D eigenvalue weighted by Gasteiger charge is 2.28. The number of hydrogen-bond acceptors (Lipinski definition) is 4. The molecule has 6 heteroatoms. The Kier molecular flexibility index (Phi) is 6.17. The Hall–Kier alpha value is -2.47. The van der Waals surface area contributed by atoms with E-state index in [2.05, 4.69) is 22.7 Å². The molecule has 1 unspecified atom stereocenters. The quantitative estimate of drug-likeness (QED) is 0.749. The third-order valence-electron chi connectivity index (χ3n) is 4.70. The number of hydrogen-bond donors (Lipinski definition) is 2. The summed E-state index contributed by atoms with van der Waals surface area (Å²) in [5.41, 5.74) is 3.71. The summed E-state index contributed by atoms with van der Waals surface area (Å²) in [6.45, 7) is 3.75. The van der Waals surface area contributed by atoms with Crippen LogP contribution in [0.4, 0.5) is 5.82 Å². The van der Waals surface area contributed by atoms with Crippen molar-refractivity contribution in [3.8, 4) is 0 Å². The lowest BCUT2D eigenvalue weighted by molar-refractivity contribution is -0.136. The van der Waals surface area contributed by atoms with Crippen LogP contribution < -0.4 is 10.7 Å². The number of rotatable bonds is 7. The van der Waals surface area contributed by atoms with Gasteiger partial charge in [-0.05, 0) is 37.5 Å². The van der Waals surface area contributed by atoms with Gasteiger partial charge in [0.25, 0.3) is 0 Å². The van der Waals surface area contributed by atoms with Gasteiger partial charge in [0, 0.05) is 18.5 Å². The number of nitrogens with one attached hydrogen (secondary N) is 2. The van der Waals surface area contributed by atoms with Crippen molar-refractivity contribution in [2.24, 2.45) is 5.92 Å². The standard InChI is InChI=1S/C20H26N4O2/c1-2-3-9-16(20(26)23-24-13-6-7-14-24)19(25)22-18-12-11-15-8-4-5-10-17(15)21-18/h4-5,8,10-12,16H,2-3,6-7,9,13-14H2,1H3,(H,23,26)(H,21,22,25). The molecule has 1 fully saturated rings. The van der Waals surface area contributed by atoms with Crippen LogP contribution in [0.2, 0.25) is 0 Å². The number of carbonyl (C=O) groups is 2. The predicted octanol–water partition coefficient (Wildman–Crippen LogP) is 3.11. The van der Waals surface area contributed by atoms with Crippen LogP contribution in [0.15, 0.2) is 36.4 Å². The molecule has 0 spiro atoms. The molecule has 2 heterocycles. The first-order valence-electron chi connectivity index (χ1n) is 9.39. The minimum Gasteiger partial charge on any atom is -0.310 e. The van der Waals surface area contributed by atoms with Crippen molar-refractivity contribution in [3.63, 3.8) is 0 Å². The minimum atomic E-state index is -0.705. The Morgan fingerprint density at radius 1 is 1.12 bits per heavy atom. The van der Waals surface area contributed by atoms with Crippen LogP contribution in [0.25, 0.3) is 10.9 Å². The summed E-state index contributed by atoms with van der Waals surface area (Å²) in [5.74, 6) is -0.746. The number of unbranched alkanes of at least 4 members (excludes halogenated alkanes) is 1. The van der Waals surface area contributed by atoms with Crippen molar-refractivity contribution in [1.29, 1.82) is 0 Å². The Morgan fingerprint density at radius 2 is 1.88 bits per heavy atom. The van der Waals surface area contributed by atoms with Gasteiger partial charge in [-0.15, -0.1) is 0 Å². The van der Waals surface area contributed by atoms with Gasteiger partial charge in [0.2, 0.25) is 11.8 Å². The number of benzene rings is 1. The monoisotopic (exact) mass is 354 g/mol. The molecule has 2 amide bonds. The van der Waals surface area contributed by atoms with E-state index in [1.807, 2.05) is 35.3 Å². The molecule has 26 heavy (non-hydrogen) atoms. The molecule has 2 N–H and O–H groups in total. The Balaban J connectivity index is 1.69. The second kappa shape index (κ2) is 8.76. The molecule has 2 aromatic rings. The maximum Gasteiger partial charge on any atom is 0.246 e. The summed E-state index contributed by atoms with van der Waals surface area (Å²) in [4.78, 5) is 29.8. The van der Waals surface area contributed by atoms with E-state index < -0.39 is 5.92 Å². The number of anilines is 1. The first-order chi connectivity index (χ1) is 12.7. The molecular weight excluding hydrogens is 328 g/mol. The van der Waals surface area contributed by atoms with E-state index in [1.165, 1.54) is 0 Å². The minimum absolute atomic E-state index is 0.223. The Labute approximate surface area is 153 Å². The van der Waals surface area contributed by atoms with Crippen molar-refractivity contribution < 1.29 is 9.59 Å². The molecule has 0 saturated carbocycles. The smallest absolute Gasteiger partial charge is 0.246 e. The van der Waals surface area contributed by atoms with E-state index in [4.69, 9.17) is 0 Å². The maximum atomic E-state index is 12.7. The summed E-state index contributed by atoms with van der Waals surface area (Å²) in [6.07, 6.45) is 4.46. The first-order valence-corrected chi connectivity index (χ1v) is 9.39. The highest BCUT2D eigenvalue weighted by Crippen LogP contribution is 2.17. The van der Waals surface area contributed by atoms with Crippen LogP contribution in [-0.4, -0.2) is 34.9 Å². The van der Waals surface area contributed by atoms with Crippen molar-refractivity contribution in [2.45, 2.75) is 39.0 Å². The highest BCUT2D eigenvalue weighted by molar-refractivity contribution is 6.06. The zero-order chi connectivity index (χ0) is 18.4. The number of pyridine rings is 1. The van der Waals surface area contributed by atoms with Crippen molar-refractivity contribution in [2.75, 3.05) is 18.4 Å². The highest BCUT2D eigenvalue weighted by atomic mass is 16.2. The molecule has 1 saturated heterocycles. The van der Waals surface area contributed by atoms with E-state index in [9.17, 15) is 9.59 Å². The zero-order valence-corrected chi connectivity index (χ0v) is 15.2. The average molecular weight is 354 g/mol. The van der Waals surface area contributed by atoms with Crippen LogP contribution >= 0.6 is 0 Å². The second-order valence-electron chi connectivity index (χ2n) is 6.74. The van der Waals surface area contributed by atoms with E-state index in [0.29, 0.717) is 12.2 Å². The molecule has 0 bridgehead atoms. The van der Waals surface area contributed by atoms with Gasteiger partial charge < -0.3 is 5.32 Å². The van der Waals surface area contributed by atoms with Gasteiger partial charge >= 0.3 is 0 Å². The molecule has 138 valence electrons. The molecule has 0 aliphatic carbocycles. The predicted molar refractivity (Wildman–Crippen MR) is 102 cm³/mol. The van der Waals surface area contributed by atoms with E-state index in [0.717, 1.165) is 49.7 Å². The van der Waals surface area contributed by atoms with Crippen LogP contribution in [0.5, 0.6) is 0 Å². The average Bonchev–Trinajstić information content (AvgIpc) is 3.15. The fraction of sp³-hybridized carbons (Fsp3) is 0.450. The summed E-state index contributed by atoms with van der Waals surface area (Å²) < 4.78 is 0. The molecule has 6 nitrogen and oxygen atoms in total. The number of para-hydroxylation sites is 1. The largest absolute Gasteiger partial charge is 0.310 e. The van der Waals surface area contributed by atoms with Crippen molar-refractivity contribution in [3.05, 3.63) is 36.4 Å². The number of amides is 2. The van der Waals surface area contributed by atoms with E-state index in [-0.39, 0.29) is 11.8 Å². The van der Waals surface area contributed by atoms with Gasteiger partial charge in [-0.2, -0.15) is 0 Å². The van der Waals surface area contributed by atoms with Crippen molar-refractivity contribution >= 4 is 28.5 Å². The second-order valence-corrected chi connectivity index (χ2v) is 6.74. The zero-order valence-electron chi connectivity index (χ0n) is 15.2.